The summed E-state index contributed by atoms with van der Waals surface area (Å²) in [5.41, 5.74) is 2.04. The average molecular weight is 552 g/mol. The Kier molecular flexibility index (Phi) is 7.71. The van der Waals surface area contributed by atoms with E-state index in [0.717, 1.165) is 26.5 Å². The highest BCUT2D eigenvalue weighted by Crippen LogP contribution is 2.30. The van der Waals surface area contributed by atoms with Gasteiger partial charge in [-0.25, -0.2) is 9.37 Å². The van der Waals surface area contributed by atoms with Crippen LogP contribution in [0.25, 0.3) is 10.4 Å². The van der Waals surface area contributed by atoms with Gasteiger partial charge in [0.15, 0.2) is 0 Å². The van der Waals surface area contributed by atoms with Crippen molar-refractivity contribution in [2.75, 3.05) is 12.4 Å². The molecule has 0 spiro atoms. The number of nitrogens with one attached hydrogen (secondary N) is 3. The summed E-state index contributed by atoms with van der Waals surface area (Å²) in [6, 6.07) is 11.0. The summed E-state index contributed by atoms with van der Waals surface area (Å²) in [5, 5.41) is 5.71. The Bertz CT molecular complexity index is 1400. The van der Waals surface area contributed by atoms with Gasteiger partial charge in [-0.05, 0) is 37.1 Å². The first-order valence-electron chi connectivity index (χ1n) is 10.9. The van der Waals surface area contributed by atoms with Crippen LogP contribution >= 0.6 is 22.9 Å². The minimum absolute atomic E-state index is 0.107. The first-order valence-corrected chi connectivity index (χ1v) is 13.5. The van der Waals surface area contributed by atoms with E-state index in [0.29, 0.717) is 5.01 Å². The van der Waals surface area contributed by atoms with Crippen molar-refractivity contribution in [3.8, 4) is 10.4 Å². The summed E-state index contributed by atoms with van der Waals surface area (Å²) in [6.07, 6.45) is -0.117. The van der Waals surface area contributed by atoms with Gasteiger partial charge in [0.1, 0.15) is 22.9 Å². The lowest BCUT2D eigenvalue weighted by Gasteiger charge is -2.35. The number of carbonyl (C=O) groups excluding carboxylic acids is 2. The quantitative estimate of drug-likeness (QED) is 0.435. The largest absolute Gasteiger partial charge is 0.348 e. The molecule has 0 aliphatic carbocycles. The molecule has 36 heavy (non-hydrogen) atoms. The number of benzene rings is 2. The lowest BCUT2D eigenvalue weighted by Crippen LogP contribution is -2.62. The lowest BCUT2D eigenvalue weighted by molar-refractivity contribution is -0.124. The molecule has 13 heteroatoms. The molecule has 2 unspecified atom stereocenters. The van der Waals surface area contributed by atoms with Gasteiger partial charge in [0.2, 0.25) is 11.8 Å². The van der Waals surface area contributed by atoms with E-state index in [4.69, 9.17) is 11.6 Å². The third-order valence-corrected chi connectivity index (χ3v) is 8.76. The Hall–Kier alpha value is -2.90. The van der Waals surface area contributed by atoms with Crippen LogP contribution in [-0.4, -0.2) is 48.7 Å². The van der Waals surface area contributed by atoms with Crippen LogP contribution in [0.2, 0.25) is 5.02 Å². The van der Waals surface area contributed by atoms with E-state index >= 15 is 0 Å². The summed E-state index contributed by atoms with van der Waals surface area (Å²) in [4.78, 5) is 31.2. The Morgan fingerprint density at radius 1 is 1.22 bits per heavy atom. The molecule has 2 heterocycles. The average Bonchev–Trinajstić information content (AvgIpc) is 3.22. The fourth-order valence-electron chi connectivity index (χ4n) is 3.75. The molecule has 0 radical (unpaired) electrons. The summed E-state index contributed by atoms with van der Waals surface area (Å²) in [7, 11) is -2.88. The van der Waals surface area contributed by atoms with Crippen molar-refractivity contribution in [1.82, 2.24) is 19.3 Å². The predicted octanol–water partition coefficient (Wildman–Crippen LogP) is 3.07. The van der Waals surface area contributed by atoms with E-state index in [1.807, 2.05) is 37.3 Å². The second-order valence-corrected chi connectivity index (χ2v) is 11.4. The third kappa shape index (κ3) is 5.73. The molecule has 0 bridgehead atoms. The monoisotopic (exact) mass is 551 g/mol. The van der Waals surface area contributed by atoms with Crippen molar-refractivity contribution in [3.63, 3.8) is 0 Å². The van der Waals surface area contributed by atoms with E-state index in [2.05, 4.69) is 20.3 Å². The maximum atomic E-state index is 13.4. The SMILES string of the molecule is Cc1nc(CNC(=O)C2CC(C(=O)Nc3ccc(F)c(Cl)c3)N(C)S(=O)(=O)N2)sc1-c1ccccc1. The minimum Gasteiger partial charge on any atom is -0.348 e. The van der Waals surface area contributed by atoms with Gasteiger partial charge in [-0.1, -0.05) is 41.9 Å². The van der Waals surface area contributed by atoms with Crippen molar-refractivity contribution >= 4 is 50.6 Å². The number of carbonyl (C=O) groups is 2. The Morgan fingerprint density at radius 3 is 2.64 bits per heavy atom. The predicted molar refractivity (Wildman–Crippen MR) is 136 cm³/mol. The fourth-order valence-corrected chi connectivity index (χ4v) is 6.19. The van der Waals surface area contributed by atoms with Gasteiger partial charge in [-0.3, -0.25) is 9.59 Å². The summed E-state index contributed by atoms with van der Waals surface area (Å²) in [6.45, 7) is 1.99. The molecular formula is C23H23ClFN5O4S2. The number of amides is 2. The normalized spacial score (nSPS) is 19.6. The smallest absolute Gasteiger partial charge is 0.280 e. The number of rotatable bonds is 6. The number of hydrogen-bond acceptors (Lipinski definition) is 6. The molecule has 0 saturated carbocycles. The van der Waals surface area contributed by atoms with Gasteiger partial charge in [0.05, 0.1) is 22.1 Å². The molecule has 1 aliphatic rings. The van der Waals surface area contributed by atoms with Crippen LogP contribution < -0.4 is 15.4 Å². The van der Waals surface area contributed by atoms with Gasteiger partial charge in [0, 0.05) is 12.7 Å². The van der Waals surface area contributed by atoms with Crippen LogP contribution in [0, 0.1) is 12.7 Å². The highest BCUT2D eigenvalue weighted by atomic mass is 35.5. The van der Waals surface area contributed by atoms with Crippen LogP contribution in [0.4, 0.5) is 10.1 Å². The van der Waals surface area contributed by atoms with Crippen molar-refractivity contribution in [2.24, 2.45) is 0 Å². The zero-order valence-corrected chi connectivity index (χ0v) is 21.7. The number of aromatic nitrogens is 1. The summed E-state index contributed by atoms with van der Waals surface area (Å²) in [5.74, 6) is -1.91. The number of hydrogen-bond donors (Lipinski definition) is 3. The second kappa shape index (κ2) is 10.6. The molecule has 1 fully saturated rings. The molecule has 2 aromatic carbocycles. The van der Waals surface area contributed by atoms with Crippen molar-refractivity contribution < 1.29 is 22.4 Å². The molecule has 1 saturated heterocycles. The van der Waals surface area contributed by atoms with Gasteiger partial charge in [-0.15, -0.1) is 11.3 Å². The topological polar surface area (TPSA) is 120 Å². The first kappa shape index (κ1) is 26.2. The van der Waals surface area contributed by atoms with Crippen molar-refractivity contribution in [2.45, 2.75) is 32.0 Å². The maximum Gasteiger partial charge on any atom is 0.280 e. The molecule has 1 aromatic heterocycles. The van der Waals surface area contributed by atoms with Crippen LogP contribution in [0.1, 0.15) is 17.1 Å². The standard InChI is InChI=1S/C23H23ClFN5O4S2/c1-13-21(14-6-4-3-5-7-14)35-20(27-13)12-26-22(31)18-11-19(30(2)36(33,34)29-18)23(32)28-15-8-9-17(25)16(24)10-15/h3-10,18-19,29H,11-12H2,1-2H3,(H,26,31)(H,28,32). The van der Waals surface area contributed by atoms with E-state index in [1.165, 1.54) is 30.5 Å². The number of halogens is 2. The maximum absolute atomic E-state index is 13.4. The van der Waals surface area contributed by atoms with E-state index in [9.17, 15) is 22.4 Å². The van der Waals surface area contributed by atoms with Crippen molar-refractivity contribution in [3.05, 3.63) is 70.1 Å². The van der Waals surface area contributed by atoms with Gasteiger partial charge < -0.3 is 10.6 Å². The van der Waals surface area contributed by atoms with Crippen LogP contribution in [-0.2, 0) is 26.3 Å². The number of nitrogens with zero attached hydrogens (tertiary/aromatic N) is 2. The number of anilines is 1. The molecule has 3 aromatic rings. The van der Waals surface area contributed by atoms with Crippen molar-refractivity contribution in [1.29, 1.82) is 0 Å². The van der Waals surface area contributed by atoms with Crippen LogP contribution in [0.5, 0.6) is 0 Å². The molecule has 2 amide bonds. The molecule has 3 N–H and O–H groups in total. The van der Waals surface area contributed by atoms with E-state index in [-0.39, 0.29) is 23.7 Å². The van der Waals surface area contributed by atoms with Crippen LogP contribution in [0.15, 0.2) is 48.5 Å². The molecule has 4 rings (SSSR count). The zero-order valence-electron chi connectivity index (χ0n) is 19.3. The van der Waals surface area contributed by atoms with Gasteiger partial charge in [-0.2, -0.15) is 17.4 Å². The highest BCUT2D eigenvalue weighted by molar-refractivity contribution is 7.87. The number of likely N-dealkylation sites (N-methyl/N-ethyl adjacent to an activating group) is 1. The first-order chi connectivity index (χ1) is 17.0. The molecule has 2 atom stereocenters. The summed E-state index contributed by atoms with van der Waals surface area (Å²) >= 11 is 7.19. The van der Waals surface area contributed by atoms with E-state index < -0.39 is 39.9 Å². The Balaban J connectivity index is 1.43. The minimum atomic E-state index is -4.12. The Morgan fingerprint density at radius 2 is 1.94 bits per heavy atom. The summed E-state index contributed by atoms with van der Waals surface area (Å²) < 4.78 is 41.8. The number of aryl methyl sites for hydroxylation is 1. The molecular weight excluding hydrogens is 529 g/mol. The fraction of sp³-hybridized carbons (Fsp3) is 0.261. The van der Waals surface area contributed by atoms with Crippen LogP contribution in [0.3, 0.4) is 0 Å². The highest BCUT2D eigenvalue weighted by Gasteiger charge is 2.42. The molecule has 1 aliphatic heterocycles. The molecule has 190 valence electrons. The number of thiazole rings is 1. The second-order valence-electron chi connectivity index (χ2n) is 8.17. The van der Waals surface area contributed by atoms with Gasteiger partial charge >= 0.3 is 0 Å². The lowest BCUT2D eigenvalue weighted by atomic mass is 10.1. The van der Waals surface area contributed by atoms with Gasteiger partial charge in [0.25, 0.3) is 10.2 Å². The molecule has 9 nitrogen and oxygen atoms in total. The zero-order chi connectivity index (χ0) is 26.0. The Labute approximate surface area is 216 Å². The van der Waals surface area contributed by atoms with E-state index in [1.54, 1.807) is 0 Å². The third-order valence-electron chi connectivity index (χ3n) is 5.67.